The lowest BCUT2D eigenvalue weighted by Crippen LogP contribution is -2.58. The highest BCUT2D eigenvalue weighted by atomic mass is 32.1. The molecule has 0 bridgehead atoms. The van der Waals surface area contributed by atoms with E-state index in [0.29, 0.717) is 24.9 Å². The van der Waals surface area contributed by atoms with Crippen LogP contribution in [-0.4, -0.2) is 144 Å². The number of nitrogens with two attached hydrogens (primary N) is 1. The summed E-state index contributed by atoms with van der Waals surface area (Å²) in [6.07, 6.45) is 2.48. The number of benzene rings is 4. The SMILES string of the molecule is C/C(=C\C(=O)N[C@H]1CCc2cccc3c2N(C1=O)[C@H](C(=O)N[C@@H](CCC(N)=O)[C@@H](C)OCc1ccc(CCCCOCC(=O)N[C@H](C(=O)N2C[C@H](O)C[C@H]2C(=O)NCc2ccc(-c4scnc4C)cc2)C(C)(C)C)cc1)C3)c1ccc(C(F)(F)P(=O)(OCOC(=O)C(C)(C)C)OCOC(=O)C(C)(C)C)cc1. The summed E-state index contributed by atoms with van der Waals surface area (Å²) < 4.78 is 78.4. The lowest BCUT2D eigenvalue weighted by Gasteiger charge is -2.35. The Morgan fingerprint density at radius 2 is 1.42 bits per heavy atom. The Bertz CT molecular complexity index is 4020. The molecule has 29 heteroatoms. The zero-order chi connectivity index (χ0) is 77.6. The molecule has 1 fully saturated rings. The van der Waals surface area contributed by atoms with Gasteiger partial charge in [0.1, 0.15) is 30.8 Å². The molecule has 1 saturated heterocycles. The molecule has 25 nitrogen and oxygen atoms in total. The number of unbranched alkanes of at least 4 members (excludes halogenated alkanes) is 1. The van der Waals surface area contributed by atoms with Crippen LogP contribution in [0.5, 0.6) is 0 Å². The number of carbonyl (C=O) groups is 9. The molecule has 0 radical (unpaired) electrons. The molecule has 1 aromatic heterocycles. The van der Waals surface area contributed by atoms with Crippen molar-refractivity contribution >= 4 is 83.5 Å². The number of nitrogens with one attached hydrogen (secondary N) is 4. The quantitative estimate of drug-likeness (QED) is 0.00748. The van der Waals surface area contributed by atoms with Crippen LogP contribution in [0.4, 0.5) is 14.5 Å². The van der Waals surface area contributed by atoms with E-state index in [1.165, 1.54) is 76.5 Å². The van der Waals surface area contributed by atoms with Gasteiger partial charge >= 0.3 is 25.2 Å². The first kappa shape index (κ1) is 83.0. The Morgan fingerprint density at radius 3 is 2.03 bits per heavy atom. The lowest BCUT2D eigenvalue weighted by atomic mass is 9.85. The van der Waals surface area contributed by atoms with E-state index >= 15 is 8.78 Å². The van der Waals surface area contributed by atoms with E-state index < -0.39 is 144 Å². The molecule has 7 atom stereocenters. The summed E-state index contributed by atoms with van der Waals surface area (Å²) >= 11 is 1.55. The second-order valence-electron chi connectivity index (χ2n) is 30.2. The van der Waals surface area contributed by atoms with Crippen LogP contribution in [0.3, 0.4) is 0 Å². The predicted molar refractivity (Wildman–Crippen MR) is 393 cm³/mol. The largest absolute Gasteiger partial charge is 0.438 e. The molecule has 7 N–H and O–H groups in total. The van der Waals surface area contributed by atoms with Crippen molar-refractivity contribution in [1.29, 1.82) is 0 Å². The molecule has 4 aromatic carbocycles. The van der Waals surface area contributed by atoms with Crippen molar-refractivity contribution in [3.05, 3.63) is 147 Å². The average molecular weight is 1510 g/mol. The van der Waals surface area contributed by atoms with Gasteiger partial charge in [-0.3, -0.25) is 61.7 Å². The minimum absolute atomic E-state index is 0.0547. The number of β-amino-alcohol motifs (C(OH)–C–C–N with tert-alkyl or cyclic N) is 1. The molecule has 0 saturated carbocycles. The van der Waals surface area contributed by atoms with Gasteiger partial charge in [0.2, 0.25) is 54.9 Å². The number of aliphatic hydroxyl groups excluding tert-OH is 1. The smallest absolute Gasteiger partial charge is 0.410 e. The maximum Gasteiger partial charge on any atom is 0.410 e. The third-order valence-electron chi connectivity index (χ3n) is 18.5. The molecule has 4 heterocycles. The van der Waals surface area contributed by atoms with E-state index in [1.54, 1.807) is 23.8 Å². The molecule has 5 aromatic rings. The Balaban J connectivity index is 0.803. The second kappa shape index (κ2) is 35.8. The number of esters is 2. The number of likely N-dealkylation sites (tertiary alicyclic amines) is 1. The fraction of sp³-hybridized carbons (Fsp3) is 0.506. The van der Waals surface area contributed by atoms with E-state index in [9.17, 15) is 52.8 Å². The van der Waals surface area contributed by atoms with Crippen molar-refractivity contribution in [1.82, 2.24) is 31.2 Å². The number of hydrogen-bond acceptors (Lipinski definition) is 19. The van der Waals surface area contributed by atoms with E-state index in [0.717, 1.165) is 62.5 Å². The van der Waals surface area contributed by atoms with E-state index in [-0.39, 0.29) is 76.2 Å². The molecule has 0 aliphatic carbocycles. The van der Waals surface area contributed by atoms with Gasteiger partial charge in [0.25, 0.3) is 0 Å². The Labute approximate surface area is 621 Å². The van der Waals surface area contributed by atoms with Gasteiger partial charge in [0, 0.05) is 50.6 Å². The topological polar surface area (TPSA) is 340 Å². The van der Waals surface area contributed by atoms with Crippen LogP contribution in [0.25, 0.3) is 16.0 Å². The first-order valence-electron chi connectivity index (χ1n) is 35.4. The second-order valence-corrected chi connectivity index (χ2v) is 33.1. The Hall–Kier alpha value is -8.63. The lowest BCUT2D eigenvalue weighted by molar-refractivity contribution is -0.163. The number of ether oxygens (including phenoxy) is 4. The van der Waals surface area contributed by atoms with Gasteiger partial charge in [0.15, 0.2) is 0 Å². The van der Waals surface area contributed by atoms with Crippen LogP contribution in [0, 0.1) is 23.2 Å². The summed E-state index contributed by atoms with van der Waals surface area (Å²) in [7, 11) is -5.62. The number of aliphatic hydroxyl groups is 1. The molecule has 8 rings (SSSR count). The van der Waals surface area contributed by atoms with Gasteiger partial charge in [-0.15, -0.1) is 11.3 Å². The molecule has 3 aliphatic rings. The number of primary amides is 1. The fourth-order valence-electron chi connectivity index (χ4n) is 12.3. The molecule has 7 amide bonds. The fourth-order valence-corrected chi connectivity index (χ4v) is 14.4. The molecule has 574 valence electrons. The number of para-hydroxylation sites is 1. The minimum atomic E-state index is -5.62. The van der Waals surface area contributed by atoms with Crippen LogP contribution in [0.2, 0.25) is 0 Å². The zero-order valence-electron chi connectivity index (χ0n) is 62.2. The minimum Gasteiger partial charge on any atom is -0.438 e. The number of rotatable bonds is 33. The average Bonchev–Trinajstić information content (AvgIpc) is 1.56. The van der Waals surface area contributed by atoms with Gasteiger partial charge in [-0.1, -0.05) is 112 Å². The van der Waals surface area contributed by atoms with Crippen LogP contribution >= 0.6 is 18.9 Å². The summed E-state index contributed by atoms with van der Waals surface area (Å²) in [4.78, 5) is 129. The van der Waals surface area contributed by atoms with Crippen molar-refractivity contribution in [3.63, 3.8) is 0 Å². The first-order chi connectivity index (χ1) is 49.8. The number of anilines is 1. The summed E-state index contributed by atoms with van der Waals surface area (Å²) in [6, 6.07) is 20.6. The molecular weight excluding hydrogens is 1410 g/mol. The monoisotopic (exact) mass is 1510 g/mol. The van der Waals surface area contributed by atoms with Crippen molar-refractivity contribution in [2.75, 3.05) is 38.2 Å². The van der Waals surface area contributed by atoms with Gasteiger partial charge in [-0.05, 0) is 151 Å². The summed E-state index contributed by atoms with van der Waals surface area (Å²) in [5.74, 6) is -5.41. The number of hydrogen-bond donors (Lipinski definition) is 6. The third-order valence-corrected chi connectivity index (χ3v) is 21.4. The number of thiazole rings is 1. The van der Waals surface area contributed by atoms with Crippen LogP contribution < -0.4 is 31.9 Å². The highest BCUT2D eigenvalue weighted by Gasteiger charge is 2.56. The van der Waals surface area contributed by atoms with Crippen molar-refractivity contribution in [2.24, 2.45) is 22.0 Å². The van der Waals surface area contributed by atoms with Crippen molar-refractivity contribution < 1.29 is 89.6 Å². The maximum atomic E-state index is 16.3. The normalized spacial score (nSPS) is 17.9. The third kappa shape index (κ3) is 21.8. The van der Waals surface area contributed by atoms with Crippen molar-refractivity contribution in [2.45, 2.75) is 202 Å². The zero-order valence-corrected chi connectivity index (χ0v) is 63.9. The van der Waals surface area contributed by atoms with E-state index in [1.807, 2.05) is 94.4 Å². The predicted octanol–water partition coefficient (Wildman–Crippen LogP) is 9.78. The number of halogens is 2. The van der Waals surface area contributed by atoms with E-state index in [4.69, 9.17) is 33.7 Å². The molecule has 0 spiro atoms. The summed E-state index contributed by atoms with van der Waals surface area (Å²) in [6.45, 7) is 17.7. The maximum absolute atomic E-state index is 16.3. The summed E-state index contributed by atoms with van der Waals surface area (Å²) in [5.41, 5.74) is 6.68. The van der Waals surface area contributed by atoms with Gasteiger partial charge in [-0.2, -0.15) is 8.78 Å². The summed E-state index contributed by atoms with van der Waals surface area (Å²) in [5, 5.41) is 22.3. The van der Waals surface area contributed by atoms with Gasteiger partial charge in [0.05, 0.1) is 57.5 Å². The van der Waals surface area contributed by atoms with Gasteiger partial charge < -0.3 is 56.0 Å². The first-order valence-corrected chi connectivity index (χ1v) is 37.8. The number of amides is 7. The van der Waals surface area contributed by atoms with Crippen LogP contribution in [0.1, 0.15) is 159 Å². The highest BCUT2D eigenvalue weighted by molar-refractivity contribution is 7.54. The molecule has 0 unspecified atom stereocenters. The van der Waals surface area contributed by atoms with Crippen molar-refractivity contribution in [3.8, 4) is 10.4 Å². The molecule has 3 aliphatic heterocycles. The van der Waals surface area contributed by atoms with Crippen LogP contribution in [-0.2, 0) is 114 Å². The number of aryl methyl sites for hydroxylation is 3. The Kier molecular flexibility index (Phi) is 28.1. The van der Waals surface area contributed by atoms with Gasteiger partial charge in [-0.25, -0.2) is 4.98 Å². The van der Waals surface area contributed by atoms with Crippen LogP contribution in [0.15, 0.2) is 103 Å². The molecule has 106 heavy (non-hydrogen) atoms. The van der Waals surface area contributed by atoms with E-state index in [2.05, 4.69) is 26.3 Å². The Morgan fingerprint density at radius 1 is 0.802 bits per heavy atom. The standard InChI is InChI=1S/C77H99F2N8O17PS/c1-46(52-27-30-56(31-28-52)77(78,79)105(98,103-44-101-72(96)75(7,8)9)104-45-102-73(97)76(10,11)12)36-63(90)83-59-32-29-53-17-15-18-55-37-61(87(65(53)55)70(59)94)69(93)84-58(33-34-62(80)89)48(3)100-41-51-21-19-49(20-22-51)16-13-14-35-99-42-64(91)85-67(74(4,5)6)71(95)86-40-57(88)38-60(86)68(92)81-39-50-23-25-54(26-24-50)66-47(2)82-43-106-66/h15,17-28,30-31,36,43,48,57-61,67,88H,13-14,16,29,32-35,37-42,44-45H2,1-12H3,(H2,80,89)(H,81,92)(H,83,90)(H,84,93)(H,85,91)/b46-36+/t48-,57-,58+,59+,60+,61+,67-/m1/s1. The number of alkyl halides is 2. The number of aromatic nitrogens is 1. The number of allylic oxidation sites excluding steroid dienone is 1. The number of nitrogens with zero attached hydrogens (tertiary/aromatic N) is 3. The number of carbonyl (C=O) groups excluding carboxylic acids is 9. The highest BCUT2D eigenvalue weighted by Crippen LogP contribution is 2.67. The molecular formula is C77H99F2N8O17PS.